The maximum absolute atomic E-state index is 4.07. The summed E-state index contributed by atoms with van der Waals surface area (Å²) in [5.74, 6) is 0. The van der Waals surface area contributed by atoms with Crippen molar-refractivity contribution >= 4 is 11.3 Å². The van der Waals surface area contributed by atoms with Crippen LogP contribution in [0, 0.1) is 0 Å². The molecule has 0 atom stereocenters. The Bertz CT molecular complexity index is 293. The Hall–Kier alpha value is -0.490. The van der Waals surface area contributed by atoms with Crippen molar-refractivity contribution in [2.45, 2.75) is 13.0 Å². The highest BCUT2D eigenvalue weighted by Gasteiger charge is 2.12. The number of nitrogens with zero attached hydrogens (tertiary/aromatic N) is 3. The number of likely N-dealkylation sites (N-methyl/N-ethyl adjacent to an activating group) is 1. The normalized spacial score (nSPS) is 18.6. The van der Waals surface area contributed by atoms with Gasteiger partial charge in [0.05, 0.1) is 5.51 Å². The van der Waals surface area contributed by atoms with E-state index in [1.54, 1.807) is 11.3 Å². The summed E-state index contributed by atoms with van der Waals surface area (Å²) in [4.78, 5) is 10.4. The molecule has 0 aromatic carbocycles. The van der Waals surface area contributed by atoms with Gasteiger partial charge < -0.3 is 15.1 Å². The van der Waals surface area contributed by atoms with Gasteiger partial charge in [0.1, 0.15) is 0 Å². The molecular formula is C12H22N4S. The fourth-order valence-corrected chi connectivity index (χ4v) is 2.60. The monoisotopic (exact) mass is 254 g/mol. The SMILES string of the molecule is CN1CCN(CCCNCc2cncs2)CC1. The molecule has 1 aliphatic rings. The van der Waals surface area contributed by atoms with Gasteiger partial charge in [-0.2, -0.15) is 0 Å². The van der Waals surface area contributed by atoms with Crippen molar-refractivity contribution in [2.24, 2.45) is 0 Å². The van der Waals surface area contributed by atoms with Crippen LogP contribution in [0.3, 0.4) is 0 Å². The van der Waals surface area contributed by atoms with E-state index in [1.807, 2.05) is 11.7 Å². The van der Waals surface area contributed by atoms with Gasteiger partial charge in [0.15, 0.2) is 0 Å². The molecule has 4 nitrogen and oxygen atoms in total. The lowest BCUT2D eigenvalue weighted by Crippen LogP contribution is -2.45. The Labute approximate surface area is 108 Å². The zero-order chi connectivity index (χ0) is 11.9. The third-order valence-electron chi connectivity index (χ3n) is 3.21. The average molecular weight is 254 g/mol. The topological polar surface area (TPSA) is 31.4 Å². The van der Waals surface area contributed by atoms with Crippen LogP contribution in [0.25, 0.3) is 0 Å². The molecule has 1 aromatic heterocycles. The predicted molar refractivity (Wildman–Crippen MR) is 72.4 cm³/mol. The second-order valence-corrected chi connectivity index (χ2v) is 5.61. The predicted octanol–water partition coefficient (Wildman–Crippen LogP) is 0.870. The molecule has 1 saturated heterocycles. The molecule has 1 aliphatic heterocycles. The standard InChI is InChI=1S/C12H22N4S/c1-15-5-7-16(8-6-15)4-2-3-13-9-12-10-14-11-17-12/h10-11,13H,2-9H2,1H3. The Morgan fingerprint density at radius 1 is 1.35 bits per heavy atom. The number of nitrogens with one attached hydrogen (secondary N) is 1. The van der Waals surface area contributed by atoms with Gasteiger partial charge in [-0.05, 0) is 26.6 Å². The number of aromatic nitrogens is 1. The van der Waals surface area contributed by atoms with Gasteiger partial charge in [-0.3, -0.25) is 4.98 Å². The minimum absolute atomic E-state index is 0.966. The zero-order valence-corrected chi connectivity index (χ0v) is 11.4. The van der Waals surface area contributed by atoms with E-state index in [-0.39, 0.29) is 0 Å². The van der Waals surface area contributed by atoms with E-state index >= 15 is 0 Å². The van der Waals surface area contributed by atoms with E-state index in [4.69, 9.17) is 0 Å². The largest absolute Gasteiger partial charge is 0.312 e. The van der Waals surface area contributed by atoms with Crippen LogP contribution in [0.1, 0.15) is 11.3 Å². The first-order valence-electron chi connectivity index (χ1n) is 6.33. The lowest BCUT2D eigenvalue weighted by atomic mass is 10.3. The smallest absolute Gasteiger partial charge is 0.0794 e. The summed E-state index contributed by atoms with van der Waals surface area (Å²) < 4.78 is 0. The van der Waals surface area contributed by atoms with Crippen LogP contribution in [0.4, 0.5) is 0 Å². The van der Waals surface area contributed by atoms with Crippen LogP contribution >= 0.6 is 11.3 Å². The third kappa shape index (κ3) is 4.71. The lowest BCUT2D eigenvalue weighted by molar-refractivity contribution is 0.153. The molecule has 2 rings (SSSR count). The van der Waals surface area contributed by atoms with Crippen LogP contribution in [0.2, 0.25) is 0 Å². The van der Waals surface area contributed by atoms with Crippen molar-refractivity contribution in [1.82, 2.24) is 20.1 Å². The molecule has 0 unspecified atom stereocenters. The molecule has 0 radical (unpaired) electrons. The molecule has 2 heterocycles. The van der Waals surface area contributed by atoms with Crippen molar-refractivity contribution < 1.29 is 0 Å². The zero-order valence-electron chi connectivity index (χ0n) is 10.6. The molecular weight excluding hydrogens is 232 g/mol. The summed E-state index contributed by atoms with van der Waals surface area (Å²) in [6, 6.07) is 0. The van der Waals surface area contributed by atoms with Gasteiger partial charge in [-0.1, -0.05) is 0 Å². The first-order valence-corrected chi connectivity index (χ1v) is 7.21. The van der Waals surface area contributed by atoms with Gasteiger partial charge in [-0.25, -0.2) is 0 Å². The van der Waals surface area contributed by atoms with Crippen molar-refractivity contribution in [1.29, 1.82) is 0 Å². The molecule has 0 aliphatic carbocycles. The van der Waals surface area contributed by atoms with Crippen LogP contribution in [0.5, 0.6) is 0 Å². The molecule has 96 valence electrons. The summed E-state index contributed by atoms with van der Waals surface area (Å²) in [5, 5.41) is 3.47. The van der Waals surface area contributed by atoms with Gasteiger partial charge in [-0.15, -0.1) is 11.3 Å². The van der Waals surface area contributed by atoms with Crippen molar-refractivity contribution in [3.05, 3.63) is 16.6 Å². The van der Waals surface area contributed by atoms with Crippen molar-refractivity contribution in [3.63, 3.8) is 0 Å². The first-order chi connectivity index (χ1) is 8.34. The number of piperazine rings is 1. The Morgan fingerprint density at radius 2 is 2.18 bits per heavy atom. The third-order valence-corrected chi connectivity index (χ3v) is 3.99. The highest BCUT2D eigenvalue weighted by atomic mass is 32.1. The summed E-state index contributed by atoms with van der Waals surface area (Å²) >= 11 is 1.72. The fraction of sp³-hybridized carbons (Fsp3) is 0.750. The number of hydrogen-bond donors (Lipinski definition) is 1. The van der Waals surface area contributed by atoms with Gasteiger partial charge >= 0.3 is 0 Å². The molecule has 0 amide bonds. The van der Waals surface area contributed by atoms with Crippen molar-refractivity contribution in [3.8, 4) is 0 Å². The summed E-state index contributed by atoms with van der Waals surface area (Å²) in [7, 11) is 2.20. The summed E-state index contributed by atoms with van der Waals surface area (Å²) in [6.45, 7) is 8.18. The highest BCUT2D eigenvalue weighted by molar-refractivity contribution is 7.09. The number of thiazole rings is 1. The van der Waals surface area contributed by atoms with Gasteiger partial charge in [0, 0.05) is 43.8 Å². The van der Waals surface area contributed by atoms with Gasteiger partial charge in [0.2, 0.25) is 0 Å². The molecule has 5 heteroatoms. The Balaban J connectivity index is 1.49. The second kappa shape index (κ2) is 7.06. The highest BCUT2D eigenvalue weighted by Crippen LogP contribution is 2.04. The molecule has 1 aromatic rings. The number of hydrogen-bond acceptors (Lipinski definition) is 5. The van der Waals surface area contributed by atoms with Crippen LogP contribution in [-0.4, -0.2) is 61.1 Å². The maximum atomic E-state index is 4.07. The Morgan fingerprint density at radius 3 is 2.88 bits per heavy atom. The van der Waals surface area contributed by atoms with E-state index in [9.17, 15) is 0 Å². The van der Waals surface area contributed by atoms with E-state index in [0.29, 0.717) is 0 Å². The molecule has 0 saturated carbocycles. The molecule has 0 spiro atoms. The van der Waals surface area contributed by atoms with Crippen LogP contribution in [0.15, 0.2) is 11.7 Å². The Kier molecular flexibility index (Phi) is 5.38. The summed E-state index contributed by atoms with van der Waals surface area (Å²) in [5.41, 5.74) is 1.89. The first kappa shape index (κ1) is 13.0. The van der Waals surface area contributed by atoms with Crippen LogP contribution < -0.4 is 5.32 Å². The molecule has 1 N–H and O–H groups in total. The van der Waals surface area contributed by atoms with E-state index in [0.717, 1.165) is 13.1 Å². The fourth-order valence-electron chi connectivity index (χ4n) is 2.04. The van der Waals surface area contributed by atoms with Crippen LogP contribution in [-0.2, 0) is 6.54 Å². The minimum Gasteiger partial charge on any atom is -0.312 e. The lowest BCUT2D eigenvalue weighted by Gasteiger charge is -2.32. The number of rotatable bonds is 6. The quantitative estimate of drug-likeness (QED) is 0.763. The van der Waals surface area contributed by atoms with Crippen molar-refractivity contribution in [2.75, 3.05) is 46.3 Å². The van der Waals surface area contributed by atoms with E-state index < -0.39 is 0 Å². The van der Waals surface area contributed by atoms with Gasteiger partial charge in [0.25, 0.3) is 0 Å². The summed E-state index contributed by atoms with van der Waals surface area (Å²) in [6.07, 6.45) is 3.18. The minimum atomic E-state index is 0.966. The second-order valence-electron chi connectivity index (χ2n) is 4.64. The molecule has 17 heavy (non-hydrogen) atoms. The molecule has 0 bridgehead atoms. The van der Waals surface area contributed by atoms with E-state index in [2.05, 4.69) is 27.1 Å². The maximum Gasteiger partial charge on any atom is 0.0794 e. The molecule has 1 fully saturated rings. The average Bonchev–Trinajstić information content (AvgIpc) is 2.84. The van der Waals surface area contributed by atoms with E-state index in [1.165, 1.54) is 44.0 Å².